The minimum atomic E-state index is 0.628. The van der Waals surface area contributed by atoms with E-state index in [-0.39, 0.29) is 0 Å². The molecule has 1 heterocycles. The molecule has 0 saturated heterocycles. The van der Waals surface area contributed by atoms with Gasteiger partial charge in [-0.15, -0.1) is 0 Å². The maximum absolute atomic E-state index is 2.38. The lowest BCUT2D eigenvalue weighted by molar-refractivity contribution is -0.697. The molecule has 1 aromatic heterocycles. The SMILES string of the molecule is CCCCCCCCCCCCCCCCCCC[n+]1cccc(C(C)C)c1. The van der Waals surface area contributed by atoms with Gasteiger partial charge in [0.05, 0.1) is 0 Å². The number of pyridine rings is 1. The fourth-order valence-electron chi connectivity index (χ4n) is 4.04. The molecular weight excluding hydrogens is 338 g/mol. The van der Waals surface area contributed by atoms with Gasteiger partial charge in [-0.3, -0.25) is 0 Å². The van der Waals surface area contributed by atoms with Crippen LogP contribution in [-0.4, -0.2) is 0 Å². The quantitative estimate of drug-likeness (QED) is 0.165. The molecule has 0 atom stereocenters. The molecule has 1 rings (SSSR count). The molecule has 0 aliphatic rings. The van der Waals surface area contributed by atoms with Crippen LogP contribution >= 0.6 is 0 Å². The topological polar surface area (TPSA) is 3.88 Å². The van der Waals surface area contributed by atoms with E-state index in [1.165, 1.54) is 121 Å². The van der Waals surface area contributed by atoms with E-state index in [1.807, 2.05) is 0 Å². The van der Waals surface area contributed by atoms with E-state index in [0.29, 0.717) is 5.92 Å². The van der Waals surface area contributed by atoms with Crippen molar-refractivity contribution in [2.75, 3.05) is 0 Å². The Bertz CT molecular complexity index is 451. The van der Waals surface area contributed by atoms with E-state index in [2.05, 4.69) is 49.9 Å². The van der Waals surface area contributed by atoms with Crippen molar-refractivity contribution in [1.82, 2.24) is 0 Å². The maximum Gasteiger partial charge on any atom is 0.172 e. The van der Waals surface area contributed by atoms with Crippen LogP contribution in [0.2, 0.25) is 0 Å². The van der Waals surface area contributed by atoms with Gasteiger partial charge in [-0.05, 0) is 18.4 Å². The molecule has 0 radical (unpaired) electrons. The lowest BCUT2D eigenvalue weighted by Gasteiger charge is -2.04. The Morgan fingerprint density at radius 3 is 1.50 bits per heavy atom. The Kier molecular flexibility index (Phi) is 16.4. The Balaban J connectivity index is 1.80. The molecule has 1 aromatic rings. The fourth-order valence-corrected chi connectivity index (χ4v) is 4.04. The number of aromatic nitrogens is 1. The molecule has 0 saturated carbocycles. The number of rotatable bonds is 19. The summed E-state index contributed by atoms with van der Waals surface area (Å²) in [7, 11) is 0. The van der Waals surface area contributed by atoms with Crippen molar-refractivity contribution in [3.05, 3.63) is 30.1 Å². The van der Waals surface area contributed by atoms with E-state index in [4.69, 9.17) is 0 Å². The van der Waals surface area contributed by atoms with E-state index in [0.717, 1.165) is 0 Å². The monoisotopic (exact) mass is 388 g/mol. The first-order valence-corrected chi connectivity index (χ1v) is 12.7. The average Bonchev–Trinajstić information content (AvgIpc) is 2.70. The fraction of sp³-hybridized carbons (Fsp3) is 0.815. The molecule has 28 heavy (non-hydrogen) atoms. The normalized spacial score (nSPS) is 11.4. The van der Waals surface area contributed by atoms with Crippen LogP contribution in [-0.2, 0) is 6.54 Å². The average molecular weight is 389 g/mol. The predicted octanol–water partition coefficient (Wildman–Crippen LogP) is 8.75. The smallest absolute Gasteiger partial charge is 0.172 e. The number of nitrogens with zero attached hydrogens (tertiary/aromatic N) is 1. The summed E-state index contributed by atoms with van der Waals surface area (Å²) in [5, 5.41) is 0. The Morgan fingerprint density at radius 1 is 0.643 bits per heavy atom. The summed E-state index contributed by atoms with van der Waals surface area (Å²) in [4.78, 5) is 0. The zero-order valence-corrected chi connectivity index (χ0v) is 19.6. The van der Waals surface area contributed by atoms with E-state index in [9.17, 15) is 0 Å². The summed E-state index contributed by atoms with van der Waals surface area (Å²) < 4.78 is 2.38. The van der Waals surface area contributed by atoms with Gasteiger partial charge in [0.2, 0.25) is 0 Å². The van der Waals surface area contributed by atoms with Gasteiger partial charge in [0.25, 0.3) is 0 Å². The molecule has 0 unspecified atom stereocenters. The molecule has 0 amide bonds. The van der Waals surface area contributed by atoms with Crippen LogP contribution < -0.4 is 4.57 Å². The van der Waals surface area contributed by atoms with Crippen molar-refractivity contribution < 1.29 is 4.57 Å². The van der Waals surface area contributed by atoms with Gasteiger partial charge in [-0.25, -0.2) is 4.57 Å². The number of hydrogen-bond acceptors (Lipinski definition) is 0. The van der Waals surface area contributed by atoms with Gasteiger partial charge < -0.3 is 0 Å². The molecule has 0 spiro atoms. The largest absolute Gasteiger partial charge is 0.205 e. The van der Waals surface area contributed by atoms with Crippen LogP contribution in [0, 0.1) is 0 Å². The minimum absolute atomic E-state index is 0.628. The molecule has 1 nitrogen and oxygen atoms in total. The Hall–Kier alpha value is -0.850. The number of aryl methyl sites for hydroxylation is 1. The molecule has 162 valence electrons. The van der Waals surface area contributed by atoms with Gasteiger partial charge in [-0.2, -0.15) is 0 Å². The molecule has 0 aliphatic heterocycles. The Labute approximate surface area is 177 Å². The highest BCUT2D eigenvalue weighted by atomic mass is 14.9. The van der Waals surface area contributed by atoms with E-state index < -0.39 is 0 Å². The third kappa shape index (κ3) is 14.2. The lowest BCUT2D eigenvalue weighted by atomic mass is 10.0. The number of unbranched alkanes of at least 4 members (excludes halogenated alkanes) is 16. The molecule has 0 aromatic carbocycles. The van der Waals surface area contributed by atoms with Gasteiger partial charge in [0, 0.05) is 18.1 Å². The van der Waals surface area contributed by atoms with Gasteiger partial charge in [0.15, 0.2) is 12.4 Å². The molecule has 1 heteroatoms. The first-order chi connectivity index (χ1) is 13.7. The molecular formula is C27H50N+. The van der Waals surface area contributed by atoms with Crippen LogP contribution in [0.3, 0.4) is 0 Å². The second-order valence-electron chi connectivity index (χ2n) is 9.19. The molecule has 0 fully saturated rings. The zero-order valence-electron chi connectivity index (χ0n) is 19.6. The van der Waals surface area contributed by atoms with Gasteiger partial charge >= 0.3 is 0 Å². The van der Waals surface area contributed by atoms with Crippen molar-refractivity contribution in [1.29, 1.82) is 0 Å². The van der Waals surface area contributed by atoms with Gasteiger partial charge in [-0.1, -0.05) is 117 Å². The maximum atomic E-state index is 2.38. The second-order valence-corrected chi connectivity index (χ2v) is 9.19. The van der Waals surface area contributed by atoms with Crippen LogP contribution in [0.5, 0.6) is 0 Å². The van der Waals surface area contributed by atoms with Crippen LogP contribution in [0.1, 0.15) is 141 Å². The molecule has 0 bridgehead atoms. The summed E-state index contributed by atoms with van der Waals surface area (Å²) in [6, 6.07) is 4.44. The zero-order chi connectivity index (χ0) is 20.3. The van der Waals surface area contributed by atoms with Crippen molar-refractivity contribution in [3.8, 4) is 0 Å². The van der Waals surface area contributed by atoms with Crippen molar-refractivity contribution in [2.24, 2.45) is 0 Å². The molecule has 0 aliphatic carbocycles. The number of hydrogen-bond donors (Lipinski definition) is 0. The summed E-state index contributed by atoms with van der Waals surface area (Å²) in [5.41, 5.74) is 1.45. The van der Waals surface area contributed by atoms with E-state index >= 15 is 0 Å². The highest BCUT2D eigenvalue weighted by Gasteiger charge is 2.05. The predicted molar refractivity (Wildman–Crippen MR) is 125 cm³/mol. The summed E-state index contributed by atoms with van der Waals surface area (Å²) in [6.07, 6.45) is 29.1. The molecule has 0 N–H and O–H groups in total. The van der Waals surface area contributed by atoms with Crippen molar-refractivity contribution in [3.63, 3.8) is 0 Å². The van der Waals surface area contributed by atoms with E-state index in [1.54, 1.807) is 0 Å². The lowest BCUT2D eigenvalue weighted by Crippen LogP contribution is -2.33. The third-order valence-corrected chi connectivity index (χ3v) is 6.07. The first kappa shape index (κ1) is 25.2. The minimum Gasteiger partial charge on any atom is -0.205 e. The summed E-state index contributed by atoms with van der Waals surface area (Å²) in [6.45, 7) is 8.02. The highest BCUT2D eigenvalue weighted by Crippen LogP contribution is 2.14. The summed E-state index contributed by atoms with van der Waals surface area (Å²) >= 11 is 0. The highest BCUT2D eigenvalue weighted by molar-refractivity contribution is 5.09. The Morgan fingerprint density at radius 2 is 1.07 bits per heavy atom. The van der Waals surface area contributed by atoms with Crippen LogP contribution in [0.4, 0.5) is 0 Å². The van der Waals surface area contributed by atoms with Crippen molar-refractivity contribution in [2.45, 2.75) is 142 Å². The standard InChI is InChI=1S/C27H50N/c1-4-5-6-7-8-9-10-11-12-13-14-15-16-17-18-19-20-23-28-24-21-22-27(25-28)26(2)3/h21-22,24-26H,4-20,23H2,1-3H3/q+1. The third-order valence-electron chi connectivity index (χ3n) is 6.07. The van der Waals surface area contributed by atoms with Gasteiger partial charge in [0.1, 0.15) is 6.54 Å². The van der Waals surface area contributed by atoms with Crippen LogP contribution in [0.25, 0.3) is 0 Å². The second kappa shape index (κ2) is 18.2. The first-order valence-electron chi connectivity index (χ1n) is 12.7. The van der Waals surface area contributed by atoms with Crippen LogP contribution in [0.15, 0.2) is 24.5 Å². The van der Waals surface area contributed by atoms with Crippen molar-refractivity contribution >= 4 is 0 Å². The summed E-state index contributed by atoms with van der Waals surface area (Å²) in [5.74, 6) is 0.628.